The van der Waals surface area contributed by atoms with Gasteiger partial charge in [-0.1, -0.05) is 0 Å². The zero-order valence-corrected chi connectivity index (χ0v) is 6.88. The molecule has 11 heavy (non-hydrogen) atoms. The van der Waals surface area contributed by atoms with Crippen molar-refractivity contribution in [1.82, 2.24) is 0 Å². The van der Waals surface area contributed by atoms with Crippen molar-refractivity contribution in [2.75, 3.05) is 13.7 Å². The zero-order valence-electron chi connectivity index (χ0n) is 6.88. The third kappa shape index (κ3) is 3.23. The minimum Gasteiger partial charge on any atom is -0.469 e. The summed E-state index contributed by atoms with van der Waals surface area (Å²) in [6, 6.07) is 3.93. The Kier molecular flexibility index (Phi) is 3.76. The lowest BCUT2D eigenvalue weighted by Crippen LogP contribution is -1.89. The zero-order chi connectivity index (χ0) is 7.94. The van der Waals surface area contributed by atoms with Crippen LogP contribution in [-0.4, -0.2) is 13.7 Å². The fourth-order valence-electron chi connectivity index (χ4n) is 1.00. The van der Waals surface area contributed by atoms with Crippen LogP contribution in [-0.2, 0) is 11.2 Å². The molecule has 1 heterocycles. The molecule has 1 aromatic heterocycles. The molecule has 0 fully saturated rings. The van der Waals surface area contributed by atoms with Crippen molar-refractivity contribution in [2.45, 2.75) is 19.3 Å². The van der Waals surface area contributed by atoms with Crippen LogP contribution >= 0.6 is 0 Å². The van der Waals surface area contributed by atoms with Gasteiger partial charge in [0.1, 0.15) is 5.76 Å². The highest BCUT2D eigenvalue weighted by molar-refractivity contribution is 4.97. The van der Waals surface area contributed by atoms with Gasteiger partial charge in [-0.15, -0.1) is 0 Å². The van der Waals surface area contributed by atoms with Crippen molar-refractivity contribution in [1.29, 1.82) is 0 Å². The lowest BCUT2D eigenvalue weighted by molar-refractivity contribution is 0.192. The molecular weight excluding hydrogens is 140 g/mol. The largest absolute Gasteiger partial charge is 0.469 e. The Balaban J connectivity index is 2.04. The maximum absolute atomic E-state index is 5.17. The van der Waals surface area contributed by atoms with E-state index in [0.717, 1.165) is 31.6 Å². The third-order valence-corrected chi connectivity index (χ3v) is 1.60. The van der Waals surface area contributed by atoms with Gasteiger partial charge in [0.2, 0.25) is 0 Å². The molecule has 0 unspecified atom stereocenters. The molecule has 2 heteroatoms. The van der Waals surface area contributed by atoms with Gasteiger partial charge in [0, 0.05) is 20.1 Å². The highest BCUT2D eigenvalue weighted by Crippen LogP contribution is 2.04. The maximum atomic E-state index is 5.17. The van der Waals surface area contributed by atoms with Crippen LogP contribution in [0.2, 0.25) is 0 Å². The summed E-state index contributed by atoms with van der Waals surface area (Å²) in [5.74, 6) is 1.07. The molecule has 0 aromatic carbocycles. The van der Waals surface area contributed by atoms with E-state index in [1.54, 1.807) is 13.4 Å². The maximum Gasteiger partial charge on any atom is 0.103 e. The summed E-state index contributed by atoms with van der Waals surface area (Å²) in [5, 5.41) is 0. The number of hydrogen-bond donors (Lipinski definition) is 0. The molecule has 1 rings (SSSR count). The summed E-state index contributed by atoms with van der Waals surface area (Å²) >= 11 is 0. The summed E-state index contributed by atoms with van der Waals surface area (Å²) in [6.45, 7) is 0.848. The molecule has 1 aromatic rings. The van der Waals surface area contributed by atoms with Gasteiger partial charge in [-0.05, 0) is 25.0 Å². The van der Waals surface area contributed by atoms with E-state index in [0.29, 0.717) is 0 Å². The SMILES string of the molecule is COCCCCc1ccco1. The first-order valence-corrected chi connectivity index (χ1v) is 3.95. The van der Waals surface area contributed by atoms with Crippen LogP contribution in [0, 0.1) is 0 Å². The molecule has 0 atom stereocenters. The van der Waals surface area contributed by atoms with Gasteiger partial charge in [-0.2, -0.15) is 0 Å². The van der Waals surface area contributed by atoms with E-state index in [4.69, 9.17) is 9.15 Å². The van der Waals surface area contributed by atoms with Crippen molar-refractivity contribution in [3.05, 3.63) is 24.2 Å². The van der Waals surface area contributed by atoms with Crippen LogP contribution in [0.1, 0.15) is 18.6 Å². The molecule has 0 saturated heterocycles. The Morgan fingerprint density at radius 1 is 1.45 bits per heavy atom. The monoisotopic (exact) mass is 154 g/mol. The van der Waals surface area contributed by atoms with Crippen molar-refractivity contribution < 1.29 is 9.15 Å². The van der Waals surface area contributed by atoms with Gasteiger partial charge < -0.3 is 9.15 Å². The number of rotatable bonds is 5. The highest BCUT2D eigenvalue weighted by Gasteiger charge is 1.93. The Morgan fingerprint density at radius 3 is 3.00 bits per heavy atom. The lowest BCUT2D eigenvalue weighted by Gasteiger charge is -1.96. The van der Waals surface area contributed by atoms with Crippen LogP contribution in [0.15, 0.2) is 22.8 Å². The number of aryl methyl sites for hydroxylation is 1. The first kappa shape index (κ1) is 8.34. The minimum absolute atomic E-state index is 0.848. The fraction of sp³-hybridized carbons (Fsp3) is 0.556. The van der Waals surface area contributed by atoms with E-state index < -0.39 is 0 Å². The van der Waals surface area contributed by atoms with Crippen LogP contribution in [0.25, 0.3) is 0 Å². The Hall–Kier alpha value is -0.760. The minimum atomic E-state index is 0.848. The standard InChI is InChI=1S/C9H14O2/c1-10-7-3-2-5-9-6-4-8-11-9/h4,6,8H,2-3,5,7H2,1H3. The van der Waals surface area contributed by atoms with Gasteiger partial charge in [0.25, 0.3) is 0 Å². The number of unbranched alkanes of at least 4 members (excludes halogenated alkanes) is 1. The molecule has 0 N–H and O–H groups in total. The number of ether oxygens (including phenoxy) is 1. The molecule has 0 aliphatic rings. The van der Waals surface area contributed by atoms with Crippen LogP contribution in [0.5, 0.6) is 0 Å². The highest BCUT2D eigenvalue weighted by atomic mass is 16.5. The lowest BCUT2D eigenvalue weighted by atomic mass is 10.2. The molecule has 0 aliphatic carbocycles. The predicted octanol–water partition coefficient (Wildman–Crippen LogP) is 2.25. The van der Waals surface area contributed by atoms with Gasteiger partial charge in [-0.25, -0.2) is 0 Å². The summed E-state index contributed by atoms with van der Waals surface area (Å²) in [5.41, 5.74) is 0. The second-order valence-electron chi connectivity index (χ2n) is 2.53. The average Bonchev–Trinajstić information content (AvgIpc) is 2.50. The molecule has 62 valence electrons. The van der Waals surface area contributed by atoms with Gasteiger partial charge in [0.15, 0.2) is 0 Å². The van der Waals surface area contributed by atoms with Crippen LogP contribution in [0.3, 0.4) is 0 Å². The molecule has 0 aliphatic heterocycles. The smallest absolute Gasteiger partial charge is 0.103 e. The van der Waals surface area contributed by atoms with E-state index >= 15 is 0 Å². The number of hydrogen-bond acceptors (Lipinski definition) is 2. The second-order valence-corrected chi connectivity index (χ2v) is 2.53. The number of furan rings is 1. The quantitative estimate of drug-likeness (QED) is 0.607. The second kappa shape index (κ2) is 4.97. The number of methoxy groups -OCH3 is 1. The molecule has 0 saturated carbocycles. The molecule has 0 radical (unpaired) electrons. The van der Waals surface area contributed by atoms with Crippen molar-refractivity contribution >= 4 is 0 Å². The summed E-state index contributed by atoms with van der Waals surface area (Å²) < 4.78 is 10.1. The summed E-state index contributed by atoms with van der Waals surface area (Å²) in [4.78, 5) is 0. The molecule has 0 amide bonds. The third-order valence-electron chi connectivity index (χ3n) is 1.60. The normalized spacial score (nSPS) is 10.3. The van der Waals surface area contributed by atoms with Crippen molar-refractivity contribution in [3.8, 4) is 0 Å². The Labute approximate surface area is 67.2 Å². The first-order chi connectivity index (χ1) is 5.43. The Bertz CT molecular complexity index is 168. The van der Waals surface area contributed by atoms with E-state index in [1.807, 2.05) is 12.1 Å². The van der Waals surface area contributed by atoms with E-state index in [1.165, 1.54) is 0 Å². The topological polar surface area (TPSA) is 22.4 Å². The van der Waals surface area contributed by atoms with Crippen molar-refractivity contribution in [3.63, 3.8) is 0 Å². The van der Waals surface area contributed by atoms with Gasteiger partial charge >= 0.3 is 0 Å². The average molecular weight is 154 g/mol. The fourth-order valence-corrected chi connectivity index (χ4v) is 1.00. The molecular formula is C9H14O2. The van der Waals surface area contributed by atoms with E-state index in [9.17, 15) is 0 Å². The van der Waals surface area contributed by atoms with E-state index in [2.05, 4.69) is 0 Å². The molecule has 2 nitrogen and oxygen atoms in total. The van der Waals surface area contributed by atoms with Gasteiger partial charge in [0.05, 0.1) is 6.26 Å². The van der Waals surface area contributed by atoms with Crippen LogP contribution in [0.4, 0.5) is 0 Å². The van der Waals surface area contributed by atoms with Gasteiger partial charge in [-0.3, -0.25) is 0 Å². The summed E-state index contributed by atoms with van der Waals surface area (Å²) in [7, 11) is 1.73. The molecule has 0 bridgehead atoms. The molecule has 0 spiro atoms. The van der Waals surface area contributed by atoms with E-state index in [-0.39, 0.29) is 0 Å². The van der Waals surface area contributed by atoms with Crippen LogP contribution < -0.4 is 0 Å². The summed E-state index contributed by atoms with van der Waals surface area (Å²) in [6.07, 6.45) is 4.99. The van der Waals surface area contributed by atoms with Crippen molar-refractivity contribution in [2.24, 2.45) is 0 Å². The predicted molar refractivity (Wildman–Crippen MR) is 43.5 cm³/mol. The first-order valence-electron chi connectivity index (χ1n) is 3.95. The Morgan fingerprint density at radius 2 is 2.36 bits per heavy atom.